The number of phosphoric acid groups is 1. The van der Waals surface area contributed by atoms with Crippen LogP contribution in [0.1, 0.15) is 20.3 Å². The van der Waals surface area contributed by atoms with Crippen molar-refractivity contribution in [2.75, 3.05) is 0 Å². The lowest BCUT2D eigenvalue weighted by atomic mass is 9.98. The van der Waals surface area contributed by atoms with Crippen LogP contribution in [0, 0.1) is 0 Å². The Kier molecular flexibility index (Phi) is 4.15. The van der Waals surface area contributed by atoms with Gasteiger partial charge in [0.25, 0.3) is 5.92 Å². The highest BCUT2D eigenvalue weighted by molar-refractivity contribution is 7.46. The van der Waals surface area contributed by atoms with Gasteiger partial charge in [-0.15, -0.1) is 0 Å². The van der Waals surface area contributed by atoms with E-state index in [9.17, 15) is 26.5 Å². The predicted molar refractivity (Wildman–Crippen MR) is 42.8 cm³/mol. The third-order valence-corrected chi connectivity index (χ3v) is 2.34. The second kappa shape index (κ2) is 4.21. The molecule has 0 rings (SSSR count). The minimum absolute atomic E-state index is 0.470. The van der Waals surface area contributed by atoms with Crippen molar-refractivity contribution < 1.29 is 40.8 Å². The van der Waals surface area contributed by atoms with E-state index in [-0.39, 0.29) is 0 Å². The van der Waals surface area contributed by atoms with Crippen LogP contribution in [0.3, 0.4) is 0 Å². The fraction of sp³-hybridized carbons (Fsp3) is 1.00. The maximum atomic E-state index is 13.0. The van der Waals surface area contributed by atoms with Gasteiger partial charge in [-0.25, -0.2) is 13.3 Å². The second-order valence-corrected chi connectivity index (χ2v) is 4.75. The smallest absolute Gasteiger partial charge is 0.303 e. The van der Waals surface area contributed by atoms with Crippen LogP contribution in [0.15, 0.2) is 0 Å². The first-order valence-electron chi connectivity index (χ1n) is 3.87. The molecule has 0 bridgehead atoms. The lowest BCUT2D eigenvalue weighted by molar-refractivity contribution is -0.234. The molecule has 0 aromatic carbocycles. The van der Waals surface area contributed by atoms with Crippen molar-refractivity contribution in [3.05, 3.63) is 0 Å². The normalized spacial score (nSPS) is 15.3. The van der Waals surface area contributed by atoms with Crippen LogP contribution >= 0.6 is 7.82 Å². The Morgan fingerprint density at radius 2 is 1.50 bits per heavy atom. The molecule has 0 saturated carbocycles. The average molecular weight is 272 g/mol. The predicted octanol–water partition coefficient (Wildman–Crippen LogP) is 2.46. The Bertz CT molecular complexity index is 294. The Labute approximate surface area is 87.6 Å². The van der Waals surface area contributed by atoms with E-state index in [0.29, 0.717) is 13.8 Å². The summed E-state index contributed by atoms with van der Waals surface area (Å²) in [5, 5.41) is 0. The van der Waals surface area contributed by atoms with E-state index in [1.54, 1.807) is 0 Å². The Morgan fingerprint density at radius 1 is 1.12 bits per heavy atom. The van der Waals surface area contributed by atoms with E-state index >= 15 is 0 Å². The summed E-state index contributed by atoms with van der Waals surface area (Å²) in [6.07, 6.45) is -7.69. The molecular weight excluding hydrogens is 262 g/mol. The number of hydrogen-bond acceptors (Lipinski definition) is 2. The van der Waals surface area contributed by atoms with Gasteiger partial charge in [0.2, 0.25) is 0 Å². The molecular formula is C6H10F5O4P. The lowest BCUT2D eigenvalue weighted by Gasteiger charge is -2.34. The monoisotopic (exact) mass is 272 g/mol. The summed E-state index contributed by atoms with van der Waals surface area (Å²) in [6.45, 7) is 0.940. The summed E-state index contributed by atoms with van der Waals surface area (Å²) in [5.41, 5.74) is -2.93. The maximum Gasteiger partial charge on any atom is 0.470 e. The molecule has 0 heterocycles. The zero-order chi connectivity index (χ0) is 13.4. The van der Waals surface area contributed by atoms with E-state index in [4.69, 9.17) is 9.79 Å². The van der Waals surface area contributed by atoms with Gasteiger partial charge in [-0.1, -0.05) is 0 Å². The van der Waals surface area contributed by atoms with Crippen LogP contribution in [0.5, 0.6) is 0 Å². The zero-order valence-corrected chi connectivity index (χ0v) is 9.15. The standard InChI is InChI=1S/C6H10F5O4P/c1-4(2,15-16(12,13)14)5(7,8)3-6(9,10)11/h3H2,1-2H3,(H2,12,13,14). The van der Waals surface area contributed by atoms with Gasteiger partial charge in [0, 0.05) is 0 Å². The second-order valence-electron chi connectivity index (χ2n) is 3.59. The van der Waals surface area contributed by atoms with Gasteiger partial charge in [0.05, 0.1) is 0 Å². The van der Waals surface area contributed by atoms with E-state index in [2.05, 4.69) is 4.52 Å². The maximum absolute atomic E-state index is 13.0. The summed E-state index contributed by atoms with van der Waals surface area (Å²) in [5.74, 6) is -4.45. The van der Waals surface area contributed by atoms with Crippen molar-refractivity contribution in [1.82, 2.24) is 0 Å². The molecule has 0 spiro atoms. The van der Waals surface area contributed by atoms with Gasteiger partial charge in [-0.2, -0.15) is 13.2 Å². The first kappa shape index (κ1) is 15.8. The highest BCUT2D eigenvalue weighted by Gasteiger charge is 2.56. The minimum Gasteiger partial charge on any atom is -0.303 e. The largest absolute Gasteiger partial charge is 0.470 e. The molecule has 0 amide bonds. The highest BCUT2D eigenvalue weighted by atomic mass is 31.2. The first-order valence-corrected chi connectivity index (χ1v) is 5.40. The van der Waals surface area contributed by atoms with Crippen molar-refractivity contribution in [1.29, 1.82) is 0 Å². The zero-order valence-electron chi connectivity index (χ0n) is 8.26. The Balaban J connectivity index is 4.92. The van der Waals surface area contributed by atoms with Crippen LogP contribution in [-0.4, -0.2) is 27.5 Å². The van der Waals surface area contributed by atoms with Crippen molar-refractivity contribution in [2.45, 2.75) is 38.0 Å². The molecule has 10 heteroatoms. The molecule has 0 saturated heterocycles. The van der Waals surface area contributed by atoms with Gasteiger partial charge >= 0.3 is 14.0 Å². The van der Waals surface area contributed by atoms with Gasteiger partial charge < -0.3 is 9.79 Å². The molecule has 0 aromatic rings. The van der Waals surface area contributed by atoms with Crippen LogP contribution in [0.2, 0.25) is 0 Å². The van der Waals surface area contributed by atoms with Crippen LogP contribution in [0.25, 0.3) is 0 Å². The number of phosphoric ester groups is 1. The van der Waals surface area contributed by atoms with Gasteiger partial charge in [0.1, 0.15) is 12.0 Å². The molecule has 16 heavy (non-hydrogen) atoms. The molecule has 0 aliphatic carbocycles. The summed E-state index contributed by atoms with van der Waals surface area (Å²) >= 11 is 0. The van der Waals surface area contributed by atoms with E-state index in [0.717, 1.165) is 0 Å². The van der Waals surface area contributed by atoms with E-state index in [1.807, 2.05) is 0 Å². The van der Waals surface area contributed by atoms with Gasteiger partial charge in [-0.05, 0) is 13.8 Å². The number of alkyl halides is 5. The Hall–Kier alpha value is -0.240. The minimum atomic E-state index is -5.30. The summed E-state index contributed by atoms with van der Waals surface area (Å²) in [7, 11) is -5.30. The quantitative estimate of drug-likeness (QED) is 0.609. The molecule has 98 valence electrons. The fourth-order valence-corrected chi connectivity index (χ4v) is 1.56. The third kappa shape index (κ3) is 5.20. The first-order chi connectivity index (χ1) is 6.66. The molecule has 0 fully saturated rings. The molecule has 0 radical (unpaired) electrons. The molecule has 0 aliphatic rings. The van der Waals surface area contributed by atoms with E-state index < -0.39 is 31.9 Å². The van der Waals surface area contributed by atoms with Crippen molar-refractivity contribution in [3.8, 4) is 0 Å². The number of rotatable bonds is 4. The molecule has 0 aromatic heterocycles. The SMILES string of the molecule is CC(C)(OP(=O)(O)O)C(F)(F)CC(F)(F)F. The summed E-state index contributed by atoms with van der Waals surface area (Å²) in [6, 6.07) is 0. The molecule has 0 unspecified atom stereocenters. The summed E-state index contributed by atoms with van der Waals surface area (Å²) in [4.78, 5) is 16.6. The highest BCUT2D eigenvalue weighted by Crippen LogP contribution is 2.49. The number of halogens is 5. The van der Waals surface area contributed by atoms with E-state index in [1.165, 1.54) is 0 Å². The van der Waals surface area contributed by atoms with Crippen molar-refractivity contribution in [2.24, 2.45) is 0 Å². The lowest BCUT2D eigenvalue weighted by Crippen LogP contribution is -2.47. The summed E-state index contributed by atoms with van der Waals surface area (Å²) < 4.78 is 75.4. The molecule has 0 aliphatic heterocycles. The van der Waals surface area contributed by atoms with Crippen molar-refractivity contribution in [3.63, 3.8) is 0 Å². The van der Waals surface area contributed by atoms with Crippen molar-refractivity contribution >= 4 is 7.82 Å². The molecule has 4 nitrogen and oxygen atoms in total. The van der Waals surface area contributed by atoms with Crippen LogP contribution in [0.4, 0.5) is 22.0 Å². The fourth-order valence-electron chi connectivity index (χ4n) is 0.829. The van der Waals surface area contributed by atoms with Gasteiger partial charge in [-0.3, -0.25) is 4.52 Å². The third-order valence-electron chi connectivity index (χ3n) is 1.65. The average Bonchev–Trinajstić information content (AvgIpc) is 1.72. The molecule has 0 atom stereocenters. The van der Waals surface area contributed by atoms with Crippen LogP contribution in [-0.2, 0) is 9.09 Å². The molecule has 2 N–H and O–H groups in total. The van der Waals surface area contributed by atoms with Gasteiger partial charge in [0.15, 0.2) is 0 Å². The van der Waals surface area contributed by atoms with Crippen LogP contribution < -0.4 is 0 Å². The topological polar surface area (TPSA) is 66.8 Å². The number of hydrogen-bond donors (Lipinski definition) is 2. The Morgan fingerprint density at radius 3 is 1.75 bits per heavy atom.